The molecule has 0 heterocycles. The topological polar surface area (TPSA) is 18.5 Å². The van der Waals surface area contributed by atoms with Crippen molar-refractivity contribution in [1.82, 2.24) is 0 Å². The van der Waals surface area contributed by atoms with Gasteiger partial charge in [-0.3, -0.25) is 0 Å². The molecule has 2 nitrogen and oxygen atoms in total. The first-order valence-corrected chi connectivity index (χ1v) is 7.73. The highest BCUT2D eigenvalue weighted by Crippen LogP contribution is 2.25. The van der Waals surface area contributed by atoms with Crippen LogP contribution in [-0.2, 0) is 22.7 Å². The number of hydrogen-bond donors (Lipinski definition) is 0. The van der Waals surface area contributed by atoms with E-state index in [0.717, 1.165) is 22.3 Å². The van der Waals surface area contributed by atoms with Crippen LogP contribution in [0.5, 0.6) is 0 Å². The largest absolute Gasteiger partial charge is 0.393 e. The van der Waals surface area contributed by atoms with E-state index in [9.17, 15) is 13.2 Å². The van der Waals surface area contributed by atoms with Crippen molar-refractivity contribution in [2.45, 2.75) is 45.9 Å². The lowest BCUT2D eigenvalue weighted by molar-refractivity contribution is -0.229. The van der Waals surface area contributed by atoms with E-state index in [1.165, 1.54) is 0 Å². The van der Waals surface area contributed by atoms with Crippen LogP contribution in [0.25, 0.3) is 0 Å². The van der Waals surface area contributed by atoms with Gasteiger partial charge >= 0.3 is 6.18 Å². The van der Waals surface area contributed by atoms with Gasteiger partial charge in [-0.05, 0) is 25.0 Å². The van der Waals surface area contributed by atoms with Crippen LogP contribution in [0.2, 0.25) is 0 Å². The zero-order valence-corrected chi connectivity index (χ0v) is 13.8. The molecule has 0 fully saturated rings. The van der Waals surface area contributed by atoms with Gasteiger partial charge in [0, 0.05) is 0 Å². The van der Waals surface area contributed by atoms with Gasteiger partial charge in [-0.25, -0.2) is 0 Å². The zero-order valence-electron chi connectivity index (χ0n) is 13.8. The summed E-state index contributed by atoms with van der Waals surface area (Å²) < 4.78 is 48.8. The Morgan fingerprint density at radius 3 is 1.46 bits per heavy atom. The van der Waals surface area contributed by atoms with Crippen molar-refractivity contribution in [2.75, 3.05) is 0 Å². The van der Waals surface area contributed by atoms with Gasteiger partial charge in [0.2, 0.25) is 0 Å². The molecule has 0 bridgehead atoms. The van der Waals surface area contributed by atoms with E-state index < -0.39 is 18.9 Å². The van der Waals surface area contributed by atoms with E-state index in [0.29, 0.717) is 0 Å². The Bertz CT molecular complexity index is 569. The summed E-state index contributed by atoms with van der Waals surface area (Å²) in [7, 11) is 0. The third kappa shape index (κ3) is 6.72. The number of alkyl halides is 3. The summed E-state index contributed by atoms with van der Waals surface area (Å²) in [4.78, 5) is 0. The molecule has 0 saturated carbocycles. The average molecular weight is 338 g/mol. The Morgan fingerprint density at radius 1 is 0.750 bits per heavy atom. The van der Waals surface area contributed by atoms with Crippen LogP contribution in [0.4, 0.5) is 13.2 Å². The molecule has 0 atom stereocenters. The summed E-state index contributed by atoms with van der Waals surface area (Å²) in [6, 6.07) is 14.9. The third-order valence-corrected chi connectivity index (χ3v) is 3.51. The van der Waals surface area contributed by atoms with E-state index in [1.54, 1.807) is 0 Å². The second kappa shape index (κ2) is 8.31. The highest BCUT2D eigenvalue weighted by atomic mass is 19.4. The molecule has 0 aromatic heterocycles. The van der Waals surface area contributed by atoms with Crippen molar-refractivity contribution in [2.24, 2.45) is 0 Å². The number of ether oxygens (including phenoxy) is 2. The average Bonchev–Trinajstić information content (AvgIpc) is 2.52. The molecule has 5 heteroatoms. The Morgan fingerprint density at radius 2 is 1.12 bits per heavy atom. The molecule has 0 aliphatic heterocycles. The number of halogens is 3. The lowest BCUT2D eigenvalue weighted by Gasteiger charge is -2.20. The van der Waals surface area contributed by atoms with Crippen molar-refractivity contribution in [3.8, 4) is 0 Å². The normalized spacial score (nSPS) is 11.9. The first-order chi connectivity index (χ1) is 11.3. The Labute approximate surface area is 140 Å². The number of aryl methyl sites for hydroxylation is 2. The highest BCUT2D eigenvalue weighted by Gasteiger charge is 2.33. The fourth-order valence-electron chi connectivity index (χ4n) is 2.10. The first kappa shape index (κ1) is 18.5. The smallest absolute Gasteiger partial charge is 0.348 e. The van der Waals surface area contributed by atoms with Gasteiger partial charge in [0.1, 0.15) is 0 Å². The van der Waals surface area contributed by atoms with E-state index in [2.05, 4.69) is 0 Å². The molecule has 130 valence electrons. The van der Waals surface area contributed by atoms with Gasteiger partial charge in [-0.2, -0.15) is 13.2 Å². The predicted molar refractivity (Wildman–Crippen MR) is 86.4 cm³/mol. The molecule has 0 aliphatic rings. The Balaban J connectivity index is 1.93. The SMILES string of the molecule is Cc1ccc(COC(CC(F)(F)F)OCc2ccc(C)cc2)cc1. The summed E-state index contributed by atoms with van der Waals surface area (Å²) in [6.07, 6.45) is -6.80. The van der Waals surface area contributed by atoms with E-state index in [4.69, 9.17) is 9.47 Å². The van der Waals surface area contributed by atoms with Crippen LogP contribution in [0, 0.1) is 13.8 Å². The fourth-order valence-corrected chi connectivity index (χ4v) is 2.10. The van der Waals surface area contributed by atoms with Gasteiger partial charge in [-0.15, -0.1) is 0 Å². The summed E-state index contributed by atoms with van der Waals surface area (Å²) >= 11 is 0. The lowest BCUT2D eigenvalue weighted by Crippen LogP contribution is -2.25. The monoisotopic (exact) mass is 338 g/mol. The molecule has 0 saturated heterocycles. The molecule has 0 N–H and O–H groups in total. The molecule has 24 heavy (non-hydrogen) atoms. The van der Waals surface area contributed by atoms with Gasteiger partial charge in [0.25, 0.3) is 0 Å². The predicted octanol–water partition coefficient (Wildman–Crippen LogP) is 5.32. The van der Waals surface area contributed by atoms with Crippen LogP contribution in [-0.4, -0.2) is 12.5 Å². The molecule has 0 radical (unpaired) electrons. The van der Waals surface area contributed by atoms with Crippen LogP contribution >= 0.6 is 0 Å². The van der Waals surface area contributed by atoms with Crippen molar-refractivity contribution < 1.29 is 22.6 Å². The van der Waals surface area contributed by atoms with E-state index in [-0.39, 0.29) is 13.2 Å². The maximum absolute atomic E-state index is 12.7. The maximum Gasteiger partial charge on any atom is 0.393 e. The van der Waals surface area contributed by atoms with Crippen LogP contribution in [0.15, 0.2) is 48.5 Å². The van der Waals surface area contributed by atoms with Crippen LogP contribution in [0.1, 0.15) is 28.7 Å². The molecule has 0 spiro atoms. The third-order valence-electron chi connectivity index (χ3n) is 3.51. The molecule has 0 amide bonds. The summed E-state index contributed by atoms with van der Waals surface area (Å²) in [5.41, 5.74) is 3.79. The van der Waals surface area contributed by atoms with Crippen molar-refractivity contribution in [3.63, 3.8) is 0 Å². The van der Waals surface area contributed by atoms with Crippen molar-refractivity contribution in [1.29, 1.82) is 0 Å². The van der Waals surface area contributed by atoms with Crippen LogP contribution in [0.3, 0.4) is 0 Å². The molecular formula is C19H21F3O2. The quantitative estimate of drug-likeness (QED) is 0.637. The molecule has 2 rings (SSSR count). The summed E-state index contributed by atoms with van der Waals surface area (Å²) in [5.74, 6) is 0. The van der Waals surface area contributed by atoms with Crippen molar-refractivity contribution >= 4 is 0 Å². The number of hydrogen-bond acceptors (Lipinski definition) is 2. The minimum Gasteiger partial charge on any atom is -0.348 e. The minimum absolute atomic E-state index is 0.0783. The van der Waals surface area contributed by atoms with Gasteiger partial charge in [-0.1, -0.05) is 59.7 Å². The zero-order chi connectivity index (χ0) is 17.6. The molecule has 0 unspecified atom stereocenters. The molecule has 0 aliphatic carbocycles. The van der Waals surface area contributed by atoms with Crippen LogP contribution < -0.4 is 0 Å². The Kier molecular flexibility index (Phi) is 6.40. The fraction of sp³-hybridized carbons (Fsp3) is 0.368. The van der Waals surface area contributed by atoms with Gasteiger partial charge in [0.15, 0.2) is 6.29 Å². The van der Waals surface area contributed by atoms with E-state index >= 15 is 0 Å². The van der Waals surface area contributed by atoms with Gasteiger partial charge in [0.05, 0.1) is 19.6 Å². The maximum atomic E-state index is 12.7. The molecule has 2 aromatic rings. The minimum atomic E-state index is -4.34. The number of rotatable bonds is 7. The standard InChI is InChI=1S/C19H21F3O2/c1-14-3-7-16(8-4-14)12-23-18(11-19(20,21)22)24-13-17-9-5-15(2)6-10-17/h3-10,18H,11-13H2,1-2H3. The number of benzene rings is 2. The Hall–Kier alpha value is -1.85. The molecule has 2 aromatic carbocycles. The lowest BCUT2D eigenvalue weighted by atomic mass is 10.2. The summed E-state index contributed by atoms with van der Waals surface area (Å²) in [6.45, 7) is 4.05. The first-order valence-electron chi connectivity index (χ1n) is 7.73. The summed E-state index contributed by atoms with van der Waals surface area (Å²) in [5, 5.41) is 0. The molecular weight excluding hydrogens is 317 g/mol. The van der Waals surface area contributed by atoms with E-state index in [1.807, 2.05) is 62.4 Å². The highest BCUT2D eigenvalue weighted by molar-refractivity contribution is 5.21. The second-order valence-electron chi connectivity index (χ2n) is 5.84. The van der Waals surface area contributed by atoms with Crippen molar-refractivity contribution in [3.05, 3.63) is 70.8 Å². The second-order valence-corrected chi connectivity index (χ2v) is 5.84. The van der Waals surface area contributed by atoms with Gasteiger partial charge < -0.3 is 9.47 Å².